The zero-order valence-electron chi connectivity index (χ0n) is 13.2. The van der Waals surface area contributed by atoms with Crippen LogP contribution in [0.2, 0.25) is 0 Å². The minimum atomic E-state index is 1.31. The first kappa shape index (κ1) is 13.1. The highest BCUT2D eigenvalue weighted by atomic mass is 32.1. The number of hydrogen-bond donors (Lipinski definition) is 0. The molecule has 5 rings (SSSR count). The van der Waals surface area contributed by atoms with Gasteiger partial charge in [-0.1, -0.05) is 35.9 Å². The van der Waals surface area contributed by atoms with Crippen LogP contribution in [0.1, 0.15) is 11.1 Å². The molecule has 5 aromatic rings. The van der Waals surface area contributed by atoms with Gasteiger partial charge < -0.3 is 0 Å². The predicted octanol–water partition coefficient (Wildman–Crippen LogP) is 6.98. The van der Waals surface area contributed by atoms with Crippen molar-refractivity contribution in [1.29, 1.82) is 0 Å². The van der Waals surface area contributed by atoms with Gasteiger partial charge >= 0.3 is 0 Å². The molecule has 0 aliphatic rings. The van der Waals surface area contributed by atoms with E-state index in [0.717, 1.165) is 0 Å². The van der Waals surface area contributed by atoms with E-state index < -0.39 is 0 Å². The molecule has 1 heteroatoms. The Balaban J connectivity index is 2.05. The minimum absolute atomic E-state index is 1.31. The number of aryl methyl sites for hydroxylation is 2. The summed E-state index contributed by atoms with van der Waals surface area (Å²) in [6.45, 7) is 4.40. The number of thiophene rings is 1. The molecule has 0 atom stereocenters. The first-order valence-corrected chi connectivity index (χ1v) is 8.82. The van der Waals surface area contributed by atoms with E-state index in [1.165, 1.54) is 53.5 Å². The van der Waals surface area contributed by atoms with Crippen LogP contribution in [0.5, 0.6) is 0 Å². The van der Waals surface area contributed by atoms with Gasteiger partial charge in [0.15, 0.2) is 0 Å². The van der Waals surface area contributed by atoms with Crippen LogP contribution in [-0.4, -0.2) is 0 Å². The molecule has 0 fully saturated rings. The second kappa shape index (κ2) is 4.56. The maximum atomic E-state index is 2.37. The standard InChI is InChI=1S/C22H16S/c1-13-3-4-15-11-16-5-6-19-18-7-8-23-21(18)10-14(2)22(19)20(16)12-17(15)9-13/h3-12H,1-2H3. The Morgan fingerprint density at radius 1 is 0.652 bits per heavy atom. The maximum Gasteiger partial charge on any atom is 0.0351 e. The summed E-state index contributed by atoms with van der Waals surface area (Å²) in [5.74, 6) is 0. The average Bonchev–Trinajstić information content (AvgIpc) is 3.00. The lowest BCUT2D eigenvalue weighted by molar-refractivity contribution is 1.51. The van der Waals surface area contributed by atoms with Crippen LogP contribution in [0, 0.1) is 13.8 Å². The summed E-state index contributed by atoms with van der Waals surface area (Å²) >= 11 is 1.83. The van der Waals surface area contributed by atoms with Gasteiger partial charge in [-0.2, -0.15) is 0 Å². The first-order valence-electron chi connectivity index (χ1n) is 7.94. The van der Waals surface area contributed by atoms with E-state index in [1.807, 2.05) is 11.3 Å². The Hall–Kier alpha value is -2.38. The van der Waals surface area contributed by atoms with Gasteiger partial charge in [-0.3, -0.25) is 0 Å². The van der Waals surface area contributed by atoms with Crippen LogP contribution in [0.3, 0.4) is 0 Å². The maximum absolute atomic E-state index is 2.37. The highest BCUT2D eigenvalue weighted by molar-refractivity contribution is 7.17. The van der Waals surface area contributed by atoms with Crippen molar-refractivity contribution in [2.24, 2.45) is 0 Å². The third-order valence-electron chi connectivity index (χ3n) is 4.86. The van der Waals surface area contributed by atoms with Crippen molar-refractivity contribution in [3.8, 4) is 0 Å². The second-order valence-corrected chi connectivity index (χ2v) is 7.39. The van der Waals surface area contributed by atoms with Crippen molar-refractivity contribution in [2.75, 3.05) is 0 Å². The summed E-state index contributed by atoms with van der Waals surface area (Å²) in [4.78, 5) is 0. The lowest BCUT2D eigenvalue weighted by atomic mass is 9.94. The van der Waals surface area contributed by atoms with E-state index in [1.54, 1.807) is 0 Å². The van der Waals surface area contributed by atoms with Crippen molar-refractivity contribution in [2.45, 2.75) is 13.8 Å². The van der Waals surface area contributed by atoms with Crippen LogP contribution >= 0.6 is 11.3 Å². The molecule has 0 spiro atoms. The van der Waals surface area contributed by atoms with Gasteiger partial charge in [-0.25, -0.2) is 0 Å². The fourth-order valence-corrected chi connectivity index (χ4v) is 4.66. The third-order valence-corrected chi connectivity index (χ3v) is 5.72. The number of rotatable bonds is 0. The molecule has 0 N–H and O–H groups in total. The monoisotopic (exact) mass is 312 g/mol. The summed E-state index contributed by atoms with van der Waals surface area (Å²) in [6.07, 6.45) is 0. The Morgan fingerprint density at radius 2 is 1.52 bits per heavy atom. The SMILES string of the molecule is Cc1ccc2cc3ccc4c5ccsc5cc(C)c4c3cc2c1. The molecule has 0 radical (unpaired) electrons. The quantitative estimate of drug-likeness (QED) is 0.214. The Bertz CT molecular complexity index is 1220. The summed E-state index contributed by atoms with van der Waals surface area (Å²) in [7, 11) is 0. The van der Waals surface area contributed by atoms with Crippen LogP contribution in [-0.2, 0) is 0 Å². The van der Waals surface area contributed by atoms with Gasteiger partial charge in [0.1, 0.15) is 0 Å². The molecular weight excluding hydrogens is 296 g/mol. The molecule has 0 amide bonds. The molecule has 1 aromatic heterocycles. The summed E-state index contributed by atoms with van der Waals surface area (Å²) < 4.78 is 1.38. The number of benzene rings is 4. The van der Waals surface area contributed by atoms with E-state index in [0.29, 0.717) is 0 Å². The summed E-state index contributed by atoms with van der Waals surface area (Å²) in [5, 5.41) is 11.7. The fraction of sp³-hybridized carbons (Fsp3) is 0.0909. The van der Waals surface area contributed by atoms with Crippen molar-refractivity contribution in [3.05, 3.63) is 71.1 Å². The van der Waals surface area contributed by atoms with E-state index in [9.17, 15) is 0 Å². The van der Waals surface area contributed by atoms with E-state index >= 15 is 0 Å². The topological polar surface area (TPSA) is 0 Å². The number of hydrogen-bond acceptors (Lipinski definition) is 1. The van der Waals surface area contributed by atoms with Crippen molar-refractivity contribution >= 4 is 53.7 Å². The molecule has 0 aliphatic heterocycles. The Kier molecular flexibility index (Phi) is 2.60. The zero-order valence-corrected chi connectivity index (χ0v) is 14.0. The number of fused-ring (bicyclic) bond motifs is 6. The summed E-state index contributed by atoms with van der Waals surface area (Å²) in [5.41, 5.74) is 2.68. The first-order chi connectivity index (χ1) is 11.2. The fourth-order valence-electron chi connectivity index (χ4n) is 3.76. The molecule has 0 nitrogen and oxygen atoms in total. The second-order valence-electron chi connectivity index (χ2n) is 6.44. The largest absolute Gasteiger partial charge is 0.144 e. The average molecular weight is 312 g/mol. The Morgan fingerprint density at radius 3 is 2.43 bits per heavy atom. The molecule has 1 heterocycles. The van der Waals surface area contributed by atoms with Crippen LogP contribution in [0.15, 0.2) is 60.0 Å². The lowest BCUT2D eigenvalue weighted by Crippen LogP contribution is -1.84. The molecule has 4 aromatic carbocycles. The van der Waals surface area contributed by atoms with Gasteiger partial charge in [-0.05, 0) is 81.4 Å². The molecule has 0 saturated carbocycles. The molecule has 0 saturated heterocycles. The molecule has 23 heavy (non-hydrogen) atoms. The van der Waals surface area contributed by atoms with Crippen molar-refractivity contribution in [1.82, 2.24) is 0 Å². The van der Waals surface area contributed by atoms with Crippen LogP contribution < -0.4 is 0 Å². The van der Waals surface area contributed by atoms with Gasteiger partial charge in [-0.15, -0.1) is 11.3 Å². The van der Waals surface area contributed by atoms with Gasteiger partial charge in [0.25, 0.3) is 0 Å². The van der Waals surface area contributed by atoms with Gasteiger partial charge in [0.2, 0.25) is 0 Å². The smallest absolute Gasteiger partial charge is 0.0351 e. The lowest BCUT2D eigenvalue weighted by Gasteiger charge is -2.10. The highest BCUT2D eigenvalue weighted by Crippen LogP contribution is 2.37. The highest BCUT2D eigenvalue weighted by Gasteiger charge is 2.09. The van der Waals surface area contributed by atoms with Gasteiger partial charge in [0.05, 0.1) is 0 Å². The predicted molar refractivity (Wildman–Crippen MR) is 104 cm³/mol. The van der Waals surface area contributed by atoms with E-state index in [-0.39, 0.29) is 0 Å². The molecule has 0 unspecified atom stereocenters. The van der Waals surface area contributed by atoms with Crippen molar-refractivity contribution in [3.63, 3.8) is 0 Å². The zero-order chi connectivity index (χ0) is 15.6. The molecular formula is C22H16S. The minimum Gasteiger partial charge on any atom is -0.144 e. The third kappa shape index (κ3) is 1.83. The van der Waals surface area contributed by atoms with Gasteiger partial charge in [0, 0.05) is 10.1 Å². The normalized spacial score (nSPS) is 11.9. The van der Waals surface area contributed by atoms with Crippen molar-refractivity contribution < 1.29 is 0 Å². The van der Waals surface area contributed by atoms with Crippen LogP contribution in [0.4, 0.5) is 0 Å². The van der Waals surface area contributed by atoms with E-state index in [4.69, 9.17) is 0 Å². The summed E-state index contributed by atoms with van der Waals surface area (Å²) in [6, 6.07) is 20.5. The van der Waals surface area contributed by atoms with E-state index in [2.05, 4.69) is 73.8 Å². The van der Waals surface area contributed by atoms with Crippen LogP contribution in [0.25, 0.3) is 42.4 Å². The molecule has 110 valence electrons. The molecule has 0 bridgehead atoms. The Labute approximate surface area is 139 Å². The molecule has 0 aliphatic carbocycles.